The monoisotopic (exact) mass is 398 g/mol. The van der Waals surface area contributed by atoms with Crippen molar-refractivity contribution in [2.45, 2.75) is 12.5 Å². The maximum absolute atomic E-state index is 12.6. The highest BCUT2D eigenvalue weighted by molar-refractivity contribution is 6.24. The van der Waals surface area contributed by atoms with Gasteiger partial charge >= 0.3 is 18.6 Å². The van der Waals surface area contributed by atoms with E-state index in [0.717, 1.165) is 41.3 Å². The van der Waals surface area contributed by atoms with Gasteiger partial charge in [-0.3, -0.25) is 4.90 Å². The van der Waals surface area contributed by atoms with E-state index in [9.17, 15) is 31.1 Å². The van der Waals surface area contributed by atoms with E-state index in [1.54, 1.807) is 4.84 Å². The van der Waals surface area contributed by atoms with Crippen molar-refractivity contribution in [1.82, 2.24) is 4.84 Å². The SMILES string of the molecule is O=C(NCl)N(c1ccc(C(F)(F)F)cc1)c1cccc(OC(F)(F)F)c1. The Morgan fingerprint density at radius 1 is 0.962 bits per heavy atom. The molecule has 2 amide bonds. The lowest BCUT2D eigenvalue weighted by molar-refractivity contribution is -0.274. The molecule has 140 valence electrons. The maximum Gasteiger partial charge on any atom is 0.573 e. The summed E-state index contributed by atoms with van der Waals surface area (Å²) in [5, 5.41) is 0. The molecular formula is C15H9ClF6N2O2. The summed E-state index contributed by atoms with van der Waals surface area (Å²) in [6.07, 6.45) is -9.54. The zero-order chi connectivity index (χ0) is 19.5. The van der Waals surface area contributed by atoms with Crippen molar-refractivity contribution in [3.05, 3.63) is 54.1 Å². The number of rotatable bonds is 3. The number of carbonyl (C=O) groups is 1. The second-order valence-corrected chi connectivity index (χ2v) is 5.01. The molecule has 0 bridgehead atoms. The number of benzene rings is 2. The molecule has 0 heterocycles. The number of hydrogen-bond acceptors (Lipinski definition) is 2. The molecule has 0 unspecified atom stereocenters. The highest BCUT2D eigenvalue weighted by atomic mass is 35.5. The van der Waals surface area contributed by atoms with E-state index in [2.05, 4.69) is 4.74 Å². The van der Waals surface area contributed by atoms with Gasteiger partial charge < -0.3 is 4.74 Å². The molecule has 0 aliphatic rings. The molecule has 26 heavy (non-hydrogen) atoms. The van der Waals surface area contributed by atoms with Crippen LogP contribution in [-0.2, 0) is 6.18 Å². The van der Waals surface area contributed by atoms with Gasteiger partial charge in [0.05, 0.1) is 16.9 Å². The number of alkyl halides is 6. The van der Waals surface area contributed by atoms with Crippen molar-refractivity contribution in [2.24, 2.45) is 0 Å². The topological polar surface area (TPSA) is 41.6 Å². The molecule has 2 aromatic rings. The molecule has 0 aliphatic carbocycles. The Balaban J connectivity index is 2.43. The zero-order valence-corrected chi connectivity index (χ0v) is 13.3. The molecule has 4 nitrogen and oxygen atoms in total. The zero-order valence-electron chi connectivity index (χ0n) is 12.5. The number of nitrogens with one attached hydrogen (secondary N) is 1. The molecule has 0 aromatic heterocycles. The third-order valence-corrected chi connectivity index (χ3v) is 3.21. The van der Waals surface area contributed by atoms with Crippen molar-refractivity contribution in [2.75, 3.05) is 4.90 Å². The number of hydrogen-bond donors (Lipinski definition) is 1. The lowest BCUT2D eigenvalue weighted by Crippen LogP contribution is -2.32. The minimum absolute atomic E-state index is 0.0553. The third kappa shape index (κ3) is 4.94. The maximum atomic E-state index is 12.6. The number of urea groups is 1. The van der Waals surface area contributed by atoms with Crippen molar-refractivity contribution in [3.63, 3.8) is 0 Å². The smallest absolute Gasteiger partial charge is 0.406 e. The van der Waals surface area contributed by atoms with Gasteiger partial charge in [0.1, 0.15) is 5.75 Å². The van der Waals surface area contributed by atoms with Gasteiger partial charge in [-0.25, -0.2) is 9.63 Å². The van der Waals surface area contributed by atoms with Crippen LogP contribution >= 0.6 is 11.8 Å². The number of ether oxygens (including phenoxy) is 1. The van der Waals surface area contributed by atoms with Crippen LogP contribution in [-0.4, -0.2) is 12.4 Å². The molecule has 0 spiro atoms. The molecule has 0 aliphatic heterocycles. The quantitative estimate of drug-likeness (QED) is 0.539. The van der Waals surface area contributed by atoms with E-state index >= 15 is 0 Å². The van der Waals surface area contributed by atoms with Gasteiger partial charge in [0.2, 0.25) is 0 Å². The minimum atomic E-state index is -4.95. The minimum Gasteiger partial charge on any atom is -0.406 e. The standard InChI is InChI=1S/C15H9ClF6N2O2/c16-23-13(25)24(10-6-4-9(5-7-10)14(17,18)19)11-2-1-3-12(8-11)26-15(20,21)22/h1-8H,(H,23,25). The Morgan fingerprint density at radius 3 is 2.08 bits per heavy atom. The van der Waals surface area contributed by atoms with Crippen LogP contribution in [0.25, 0.3) is 0 Å². The molecule has 0 saturated heterocycles. The van der Waals surface area contributed by atoms with Gasteiger partial charge in [-0.15, -0.1) is 13.2 Å². The highest BCUT2D eigenvalue weighted by Gasteiger charge is 2.32. The Bertz CT molecular complexity index is 777. The molecule has 2 aromatic carbocycles. The van der Waals surface area contributed by atoms with E-state index in [1.165, 1.54) is 12.1 Å². The van der Waals surface area contributed by atoms with E-state index in [0.29, 0.717) is 0 Å². The van der Waals surface area contributed by atoms with Crippen LogP contribution in [0.4, 0.5) is 42.5 Å². The Labute approximate surface area is 148 Å². The van der Waals surface area contributed by atoms with Crippen molar-refractivity contribution in [1.29, 1.82) is 0 Å². The van der Waals surface area contributed by atoms with Gasteiger partial charge in [-0.2, -0.15) is 13.2 Å². The molecule has 0 saturated carbocycles. The van der Waals surface area contributed by atoms with Crippen LogP contribution in [0.2, 0.25) is 0 Å². The summed E-state index contributed by atoms with van der Waals surface area (Å²) >= 11 is 5.26. The number of carbonyl (C=O) groups excluding carboxylic acids is 1. The van der Waals surface area contributed by atoms with Gasteiger partial charge in [0, 0.05) is 17.8 Å². The normalized spacial score (nSPS) is 11.8. The van der Waals surface area contributed by atoms with Crippen LogP contribution in [0.5, 0.6) is 5.75 Å². The first-order chi connectivity index (χ1) is 12.0. The molecule has 0 atom stereocenters. The average molecular weight is 399 g/mol. The summed E-state index contributed by atoms with van der Waals surface area (Å²) in [6, 6.07) is 6.73. The Morgan fingerprint density at radius 2 is 1.58 bits per heavy atom. The van der Waals surface area contributed by atoms with E-state index in [4.69, 9.17) is 11.8 Å². The van der Waals surface area contributed by atoms with Crippen molar-refractivity contribution >= 4 is 29.2 Å². The number of halogens is 7. The van der Waals surface area contributed by atoms with Crippen LogP contribution in [0.3, 0.4) is 0 Å². The van der Waals surface area contributed by atoms with Crippen LogP contribution in [0.15, 0.2) is 48.5 Å². The summed E-state index contributed by atoms with van der Waals surface area (Å²) in [4.78, 5) is 14.5. The molecule has 0 fully saturated rings. The van der Waals surface area contributed by atoms with Crippen molar-refractivity contribution in [3.8, 4) is 5.75 Å². The average Bonchev–Trinajstić information content (AvgIpc) is 2.53. The molecule has 0 radical (unpaired) electrons. The van der Waals surface area contributed by atoms with Gasteiger partial charge in [-0.1, -0.05) is 6.07 Å². The van der Waals surface area contributed by atoms with Crippen LogP contribution in [0, 0.1) is 0 Å². The Hall–Kier alpha value is -2.62. The van der Waals surface area contributed by atoms with Crippen LogP contribution < -0.4 is 14.5 Å². The van der Waals surface area contributed by atoms with Gasteiger partial charge in [0.15, 0.2) is 0 Å². The second-order valence-electron chi connectivity index (χ2n) is 4.82. The van der Waals surface area contributed by atoms with Gasteiger partial charge in [0.25, 0.3) is 0 Å². The summed E-state index contributed by atoms with van der Waals surface area (Å²) in [5.41, 5.74) is -1.12. The summed E-state index contributed by atoms with van der Waals surface area (Å²) < 4.78 is 78.7. The lowest BCUT2D eigenvalue weighted by Gasteiger charge is -2.23. The molecule has 1 N–H and O–H groups in total. The Kier molecular flexibility index (Phi) is 5.55. The number of nitrogens with zero attached hydrogens (tertiary/aromatic N) is 1. The summed E-state index contributed by atoms with van der Waals surface area (Å²) in [6.45, 7) is 0. The third-order valence-electron chi connectivity index (χ3n) is 3.05. The molecule has 11 heteroatoms. The fourth-order valence-electron chi connectivity index (χ4n) is 2.05. The number of amides is 2. The van der Waals surface area contributed by atoms with E-state index in [-0.39, 0.29) is 11.4 Å². The number of anilines is 2. The fourth-order valence-corrected chi connectivity index (χ4v) is 2.13. The van der Waals surface area contributed by atoms with Crippen LogP contribution in [0.1, 0.15) is 5.56 Å². The highest BCUT2D eigenvalue weighted by Crippen LogP contribution is 2.34. The predicted molar refractivity (Wildman–Crippen MR) is 81.1 cm³/mol. The van der Waals surface area contributed by atoms with Gasteiger partial charge in [-0.05, 0) is 36.4 Å². The largest absolute Gasteiger partial charge is 0.573 e. The summed E-state index contributed by atoms with van der Waals surface area (Å²) in [5.74, 6) is -0.616. The summed E-state index contributed by atoms with van der Waals surface area (Å²) in [7, 11) is 0. The first-order valence-electron chi connectivity index (χ1n) is 6.75. The first kappa shape index (κ1) is 19.7. The fraction of sp³-hybridized carbons (Fsp3) is 0.133. The molecular weight excluding hydrogens is 390 g/mol. The lowest BCUT2D eigenvalue weighted by atomic mass is 10.1. The predicted octanol–water partition coefficient (Wildman–Crippen LogP) is 5.61. The van der Waals surface area contributed by atoms with E-state index in [1.807, 2.05) is 0 Å². The van der Waals surface area contributed by atoms with E-state index < -0.39 is 29.9 Å². The first-order valence-corrected chi connectivity index (χ1v) is 7.13. The second kappa shape index (κ2) is 7.32. The molecule has 2 rings (SSSR count). The van der Waals surface area contributed by atoms with Crippen molar-refractivity contribution < 1.29 is 35.9 Å².